The van der Waals surface area contributed by atoms with Gasteiger partial charge in [0.15, 0.2) is 0 Å². The fraction of sp³-hybridized carbons (Fsp3) is 0.850. The molecule has 26 heavy (non-hydrogen) atoms. The molecule has 2 bridgehead atoms. The molecule has 2 saturated carbocycles. The predicted molar refractivity (Wildman–Crippen MR) is 93.0 cm³/mol. The summed E-state index contributed by atoms with van der Waals surface area (Å²) in [5.41, 5.74) is -0.437. The van der Waals surface area contributed by atoms with Crippen LogP contribution >= 0.6 is 0 Å². The number of esters is 3. The van der Waals surface area contributed by atoms with Gasteiger partial charge in [0.25, 0.3) is 0 Å². The minimum Gasteiger partial charge on any atom is -0.465 e. The van der Waals surface area contributed by atoms with E-state index < -0.39 is 5.41 Å². The van der Waals surface area contributed by atoms with Crippen LogP contribution in [0.2, 0.25) is 0 Å². The molecule has 3 aliphatic rings. The van der Waals surface area contributed by atoms with E-state index in [2.05, 4.69) is 0 Å². The normalized spacial score (nSPS) is 31.8. The molecule has 0 spiro atoms. The molecule has 2 aliphatic carbocycles. The number of unbranched alkanes of at least 4 members (excludes halogenated alkanes) is 2. The zero-order chi connectivity index (χ0) is 18.9. The summed E-state index contributed by atoms with van der Waals surface area (Å²) in [6.45, 7) is 6.12. The molecular weight excluding hydrogens is 336 g/mol. The third-order valence-corrected chi connectivity index (χ3v) is 6.38. The second-order valence-electron chi connectivity index (χ2n) is 8.54. The zero-order valence-corrected chi connectivity index (χ0v) is 16.0. The van der Waals surface area contributed by atoms with Crippen molar-refractivity contribution in [3.8, 4) is 0 Å². The molecule has 0 aromatic carbocycles. The number of rotatable bonds is 9. The van der Waals surface area contributed by atoms with Crippen molar-refractivity contribution in [2.24, 2.45) is 23.2 Å². The summed E-state index contributed by atoms with van der Waals surface area (Å²) in [6, 6.07) is 0. The molecule has 5 atom stereocenters. The molecular formula is C20H30O6. The molecule has 3 fully saturated rings. The van der Waals surface area contributed by atoms with E-state index in [1.807, 2.05) is 20.8 Å². The number of fused-ring (bicyclic) bond motifs is 1. The van der Waals surface area contributed by atoms with Crippen LogP contribution in [0.25, 0.3) is 0 Å². The third kappa shape index (κ3) is 3.74. The lowest BCUT2D eigenvalue weighted by Gasteiger charge is -2.25. The second kappa shape index (κ2) is 7.57. The Balaban J connectivity index is 1.29. The Kier molecular flexibility index (Phi) is 5.58. The van der Waals surface area contributed by atoms with Crippen molar-refractivity contribution in [1.82, 2.24) is 0 Å². The Bertz CT molecular complexity index is 569. The van der Waals surface area contributed by atoms with Gasteiger partial charge in [-0.15, -0.1) is 0 Å². The Labute approximate surface area is 154 Å². The van der Waals surface area contributed by atoms with Gasteiger partial charge in [0.05, 0.1) is 17.9 Å². The van der Waals surface area contributed by atoms with E-state index in [9.17, 15) is 14.4 Å². The minimum absolute atomic E-state index is 0.0420. The summed E-state index contributed by atoms with van der Waals surface area (Å²) in [6.07, 6.45) is 4.66. The van der Waals surface area contributed by atoms with Crippen molar-refractivity contribution < 1.29 is 28.6 Å². The lowest BCUT2D eigenvalue weighted by Crippen LogP contribution is -2.36. The van der Waals surface area contributed by atoms with Crippen molar-refractivity contribution >= 4 is 17.9 Å². The smallest absolute Gasteiger partial charge is 0.311 e. The molecule has 0 aromatic heterocycles. The Hall–Kier alpha value is -1.59. The highest BCUT2D eigenvalue weighted by Gasteiger charge is 2.63. The first kappa shape index (κ1) is 19.2. The van der Waals surface area contributed by atoms with Crippen molar-refractivity contribution in [2.45, 2.75) is 77.9 Å². The summed E-state index contributed by atoms with van der Waals surface area (Å²) < 4.78 is 16.3. The van der Waals surface area contributed by atoms with Crippen molar-refractivity contribution in [2.75, 3.05) is 6.61 Å². The van der Waals surface area contributed by atoms with E-state index >= 15 is 0 Å². The summed E-state index contributed by atoms with van der Waals surface area (Å²) in [4.78, 5) is 35.7. The van der Waals surface area contributed by atoms with E-state index in [0.717, 1.165) is 32.1 Å². The molecule has 1 aliphatic heterocycles. The van der Waals surface area contributed by atoms with Gasteiger partial charge in [-0.3, -0.25) is 14.4 Å². The van der Waals surface area contributed by atoms with Crippen LogP contribution < -0.4 is 0 Å². The molecule has 0 radical (unpaired) electrons. The lowest BCUT2D eigenvalue weighted by atomic mass is 9.88. The third-order valence-electron chi connectivity index (χ3n) is 6.38. The van der Waals surface area contributed by atoms with E-state index in [4.69, 9.17) is 14.2 Å². The zero-order valence-electron chi connectivity index (χ0n) is 16.0. The van der Waals surface area contributed by atoms with Gasteiger partial charge in [-0.25, -0.2) is 0 Å². The van der Waals surface area contributed by atoms with Gasteiger partial charge in [0, 0.05) is 18.3 Å². The van der Waals surface area contributed by atoms with Crippen LogP contribution in [0.5, 0.6) is 0 Å². The van der Waals surface area contributed by atoms with Gasteiger partial charge in [-0.2, -0.15) is 0 Å². The van der Waals surface area contributed by atoms with Crippen LogP contribution in [0.4, 0.5) is 0 Å². The highest BCUT2D eigenvalue weighted by molar-refractivity contribution is 5.77. The lowest BCUT2D eigenvalue weighted by molar-refractivity contribution is -0.162. The van der Waals surface area contributed by atoms with Gasteiger partial charge in [-0.1, -0.05) is 6.92 Å². The summed E-state index contributed by atoms with van der Waals surface area (Å²) in [5.74, 6) is 0.0903. The highest BCUT2D eigenvalue weighted by atomic mass is 16.6. The predicted octanol–water partition coefficient (Wildman–Crippen LogP) is 3.02. The maximum absolute atomic E-state index is 12.1. The first-order chi connectivity index (χ1) is 12.3. The summed E-state index contributed by atoms with van der Waals surface area (Å²) in [5, 5.41) is 0. The number of hydrogen-bond donors (Lipinski definition) is 0. The maximum atomic E-state index is 12.1. The van der Waals surface area contributed by atoms with Crippen LogP contribution in [0, 0.1) is 23.2 Å². The van der Waals surface area contributed by atoms with Gasteiger partial charge in [0.1, 0.15) is 12.2 Å². The Morgan fingerprint density at radius 1 is 1.19 bits per heavy atom. The quantitative estimate of drug-likeness (QED) is 0.355. The van der Waals surface area contributed by atoms with Crippen LogP contribution in [0.15, 0.2) is 0 Å². The molecule has 1 saturated heterocycles. The second-order valence-corrected chi connectivity index (χ2v) is 8.54. The van der Waals surface area contributed by atoms with Crippen LogP contribution in [0.3, 0.4) is 0 Å². The Morgan fingerprint density at radius 2 is 1.96 bits per heavy atom. The first-order valence-electron chi connectivity index (χ1n) is 9.90. The van der Waals surface area contributed by atoms with E-state index in [-0.39, 0.29) is 47.9 Å². The largest absolute Gasteiger partial charge is 0.465 e. The average Bonchev–Trinajstić information content (AvgIpc) is 3.22. The molecule has 0 N–H and O–H groups in total. The van der Waals surface area contributed by atoms with Gasteiger partial charge < -0.3 is 14.2 Å². The van der Waals surface area contributed by atoms with E-state index in [0.29, 0.717) is 19.4 Å². The topological polar surface area (TPSA) is 78.9 Å². The van der Waals surface area contributed by atoms with Crippen molar-refractivity contribution in [3.63, 3.8) is 0 Å². The van der Waals surface area contributed by atoms with Gasteiger partial charge >= 0.3 is 17.9 Å². The molecule has 6 nitrogen and oxygen atoms in total. The number of carbonyl (C=O) groups is 3. The van der Waals surface area contributed by atoms with Gasteiger partial charge in [-0.05, 0) is 52.4 Å². The standard InChI is InChI=1S/C20H30O6/c1-4-20(2,3)19(23)24-9-7-5-6-8-15(21)25-16-12-10-13-14(11-12)18(22)26-17(13)16/h12-14,16-17H,4-11H2,1-3H3. The molecule has 6 heteroatoms. The minimum atomic E-state index is -0.437. The van der Waals surface area contributed by atoms with Crippen LogP contribution in [0.1, 0.15) is 65.7 Å². The van der Waals surface area contributed by atoms with Crippen LogP contribution in [-0.4, -0.2) is 36.7 Å². The fourth-order valence-electron chi connectivity index (χ4n) is 4.33. The number of carbonyl (C=O) groups excluding carboxylic acids is 3. The monoisotopic (exact) mass is 366 g/mol. The molecule has 3 rings (SSSR count). The first-order valence-corrected chi connectivity index (χ1v) is 9.90. The molecule has 5 unspecified atom stereocenters. The van der Waals surface area contributed by atoms with E-state index in [1.54, 1.807) is 0 Å². The van der Waals surface area contributed by atoms with Gasteiger partial charge in [0.2, 0.25) is 0 Å². The maximum Gasteiger partial charge on any atom is 0.311 e. The average molecular weight is 366 g/mol. The highest BCUT2D eigenvalue weighted by Crippen LogP contribution is 2.55. The fourth-order valence-corrected chi connectivity index (χ4v) is 4.33. The molecule has 146 valence electrons. The summed E-state index contributed by atoms with van der Waals surface area (Å²) >= 11 is 0. The van der Waals surface area contributed by atoms with Crippen molar-refractivity contribution in [3.05, 3.63) is 0 Å². The number of ether oxygens (including phenoxy) is 3. The molecule has 0 amide bonds. The molecule has 1 heterocycles. The molecule has 0 aromatic rings. The SMILES string of the molecule is CCC(C)(C)C(=O)OCCCCCC(=O)OC1C2CC3C(=O)OC1C3C2. The summed E-state index contributed by atoms with van der Waals surface area (Å²) in [7, 11) is 0. The Morgan fingerprint density at radius 3 is 2.69 bits per heavy atom. The van der Waals surface area contributed by atoms with E-state index in [1.165, 1.54) is 0 Å². The van der Waals surface area contributed by atoms with Crippen molar-refractivity contribution in [1.29, 1.82) is 0 Å². The number of hydrogen-bond acceptors (Lipinski definition) is 6. The van der Waals surface area contributed by atoms with Crippen LogP contribution in [-0.2, 0) is 28.6 Å².